The molecule has 1 aliphatic rings. The van der Waals surface area contributed by atoms with Gasteiger partial charge in [0.15, 0.2) is 5.82 Å². The summed E-state index contributed by atoms with van der Waals surface area (Å²) < 4.78 is 10.4. The predicted octanol–water partition coefficient (Wildman–Crippen LogP) is 3.65. The highest BCUT2D eigenvalue weighted by molar-refractivity contribution is 5.89. The molecule has 1 N–H and O–H groups in total. The highest BCUT2D eigenvalue weighted by atomic mass is 16.5. The number of carbonyl (C=O) groups excluding carboxylic acids is 1. The molecule has 2 heterocycles. The van der Waals surface area contributed by atoms with Gasteiger partial charge < -0.3 is 19.5 Å². The van der Waals surface area contributed by atoms with E-state index in [0.29, 0.717) is 18.4 Å². The van der Waals surface area contributed by atoms with Crippen molar-refractivity contribution >= 4 is 11.7 Å². The van der Waals surface area contributed by atoms with Crippen molar-refractivity contribution in [3.05, 3.63) is 36.0 Å². The number of anilines is 1. The Morgan fingerprint density at radius 2 is 2.04 bits per heavy atom. The number of hydrogen-bond acceptors (Lipinski definition) is 5. The van der Waals surface area contributed by atoms with E-state index in [1.165, 1.54) is 0 Å². The van der Waals surface area contributed by atoms with Crippen molar-refractivity contribution in [3.8, 4) is 5.75 Å². The molecule has 1 aromatic heterocycles. The first-order chi connectivity index (χ1) is 12.6. The summed E-state index contributed by atoms with van der Waals surface area (Å²) in [6.45, 7) is 5.94. The van der Waals surface area contributed by atoms with Crippen molar-refractivity contribution in [1.29, 1.82) is 0 Å². The Balaban J connectivity index is 1.41. The molecule has 1 aromatic carbocycles. The number of ether oxygens (including phenoxy) is 1. The zero-order valence-electron chi connectivity index (χ0n) is 15.4. The Hall–Kier alpha value is -2.57. The van der Waals surface area contributed by atoms with Crippen molar-refractivity contribution in [1.82, 2.24) is 15.0 Å². The molecule has 1 saturated heterocycles. The van der Waals surface area contributed by atoms with E-state index in [-0.39, 0.29) is 6.03 Å². The molecule has 1 aliphatic heterocycles. The molecule has 7 heteroatoms. The molecule has 26 heavy (non-hydrogen) atoms. The molecular formula is C19H26N4O3. The summed E-state index contributed by atoms with van der Waals surface area (Å²) in [7, 11) is 0. The summed E-state index contributed by atoms with van der Waals surface area (Å²) in [6.07, 6.45) is 3.88. The maximum atomic E-state index is 12.4. The average molecular weight is 358 g/mol. The van der Waals surface area contributed by atoms with Crippen LogP contribution in [0.15, 0.2) is 28.8 Å². The quantitative estimate of drug-likeness (QED) is 0.852. The second kappa shape index (κ2) is 8.69. The minimum absolute atomic E-state index is 0.0404. The van der Waals surface area contributed by atoms with Crippen LogP contribution < -0.4 is 10.1 Å². The Morgan fingerprint density at radius 1 is 1.31 bits per heavy atom. The third-order valence-electron chi connectivity index (χ3n) is 4.66. The average Bonchev–Trinajstić information content (AvgIpc) is 3.07. The summed E-state index contributed by atoms with van der Waals surface area (Å²) >= 11 is 0. The summed E-state index contributed by atoms with van der Waals surface area (Å²) in [5.74, 6) is 2.80. The fraction of sp³-hybridized carbons (Fsp3) is 0.526. The molecule has 0 radical (unpaired) electrons. The number of likely N-dealkylation sites (tertiary alicyclic amines) is 1. The van der Waals surface area contributed by atoms with Gasteiger partial charge in [0, 0.05) is 32.1 Å². The zero-order chi connectivity index (χ0) is 18.4. The van der Waals surface area contributed by atoms with E-state index in [4.69, 9.17) is 9.26 Å². The van der Waals surface area contributed by atoms with Crippen molar-refractivity contribution in [3.63, 3.8) is 0 Å². The SMILES string of the molecule is CCOc1ccc(NC(=O)N2CCC(CCc3noc(C)n3)CC2)cc1. The van der Waals surface area contributed by atoms with Gasteiger partial charge in [-0.3, -0.25) is 0 Å². The number of nitrogens with zero attached hydrogens (tertiary/aromatic N) is 3. The lowest BCUT2D eigenvalue weighted by Gasteiger charge is -2.32. The number of rotatable bonds is 6. The van der Waals surface area contributed by atoms with E-state index in [9.17, 15) is 4.79 Å². The first kappa shape index (κ1) is 18.2. The van der Waals surface area contributed by atoms with Crippen molar-refractivity contribution < 1.29 is 14.1 Å². The number of benzene rings is 1. The van der Waals surface area contributed by atoms with Gasteiger partial charge in [0.1, 0.15) is 5.75 Å². The van der Waals surface area contributed by atoms with E-state index in [1.54, 1.807) is 6.92 Å². The lowest BCUT2D eigenvalue weighted by atomic mass is 9.92. The minimum Gasteiger partial charge on any atom is -0.494 e. The van der Waals surface area contributed by atoms with Crippen molar-refractivity contribution in [2.45, 2.75) is 39.5 Å². The highest BCUT2D eigenvalue weighted by Gasteiger charge is 2.23. The van der Waals surface area contributed by atoms with Crippen LogP contribution in [-0.4, -0.2) is 40.8 Å². The fourth-order valence-electron chi connectivity index (χ4n) is 3.20. The van der Waals surface area contributed by atoms with E-state index >= 15 is 0 Å². The molecule has 2 aromatic rings. The van der Waals surface area contributed by atoms with Gasteiger partial charge in [-0.15, -0.1) is 0 Å². The molecule has 0 bridgehead atoms. The van der Waals surface area contributed by atoms with Crippen LogP contribution in [0, 0.1) is 12.8 Å². The van der Waals surface area contributed by atoms with Gasteiger partial charge in [0.05, 0.1) is 6.61 Å². The van der Waals surface area contributed by atoms with Crippen LogP contribution in [0.1, 0.15) is 37.9 Å². The Kier molecular flexibility index (Phi) is 6.09. The van der Waals surface area contributed by atoms with E-state index in [0.717, 1.165) is 56.0 Å². The first-order valence-electron chi connectivity index (χ1n) is 9.22. The molecule has 0 spiro atoms. The summed E-state index contributed by atoms with van der Waals surface area (Å²) in [4.78, 5) is 18.5. The second-order valence-corrected chi connectivity index (χ2v) is 6.59. The van der Waals surface area contributed by atoms with Gasteiger partial charge in [-0.1, -0.05) is 5.16 Å². The first-order valence-corrected chi connectivity index (χ1v) is 9.22. The van der Waals surface area contributed by atoms with Crippen LogP contribution in [0.3, 0.4) is 0 Å². The third-order valence-corrected chi connectivity index (χ3v) is 4.66. The van der Waals surface area contributed by atoms with Gasteiger partial charge in [-0.05, 0) is 56.4 Å². The normalized spacial score (nSPS) is 15.1. The number of amides is 2. The number of piperidine rings is 1. The van der Waals surface area contributed by atoms with Gasteiger partial charge in [0.25, 0.3) is 0 Å². The van der Waals surface area contributed by atoms with E-state index < -0.39 is 0 Å². The lowest BCUT2D eigenvalue weighted by molar-refractivity contribution is 0.179. The van der Waals surface area contributed by atoms with Gasteiger partial charge in [0.2, 0.25) is 5.89 Å². The van der Waals surface area contributed by atoms with Gasteiger partial charge in [-0.25, -0.2) is 4.79 Å². The predicted molar refractivity (Wildman–Crippen MR) is 98.3 cm³/mol. The third kappa shape index (κ3) is 4.97. The standard InChI is InChI=1S/C19H26N4O3/c1-3-25-17-7-5-16(6-8-17)21-19(24)23-12-10-15(11-13-23)4-9-18-20-14(2)26-22-18/h5-8,15H,3-4,9-13H2,1-2H3,(H,21,24). The van der Waals surface area contributed by atoms with Crippen LogP contribution in [0.5, 0.6) is 5.75 Å². The maximum Gasteiger partial charge on any atom is 0.321 e. The molecule has 2 amide bonds. The monoisotopic (exact) mass is 358 g/mol. The molecule has 140 valence electrons. The van der Waals surface area contributed by atoms with Crippen molar-refractivity contribution in [2.75, 3.05) is 25.0 Å². The fourth-order valence-corrected chi connectivity index (χ4v) is 3.20. The van der Waals surface area contributed by atoms with Crippen LogP contribution >= 0.6 is 0 Å². The topological polar surface area (TPSA) is 80.5 Å². The van der Waals surface area contributed by atoms with Crippen LogP contribution in [0.25, 0.3) is 0 Å². The second-order valence-electron chi connectivity index (χ2n) is 6.59. The number of hydrogen-bond donors (Lipinski definition) is 1. The number of carbonyl (C=O) groups is 1. The minimum atomic E-state index is -0.0404. The number of aryl methyl sites for hydroxylation is 2. The smallest absolute Gasteiger partial charge is 0.321 e. The number of aromatic nitrogens is 2. The number of nitrogens with one attached hydrogen (secondary N) is 1. The summed E-state index contributed by atoms with van der Waals surface area (Å²) in [5, 5.41) is 6.89. The maximum absolute atomic E-state index is 12.4. The van der Waals surface area contributed by atoms with E-state index in [1.807, 2.05) is 36.1 Å². The van der Waals surface area contributed by atoms with Crippen LogP contribution in [0.2, 0.25) is 0 Å². The lowest BCUT2D eigenvalue weighted by Crippen LogP contribution is -2.41. The van der Waals surface area contributed by atoms with Crippen molar-refractivity contribution in [2.24, 2.45) is 5.92 Å². The molecule has 1 fully saturated rings. The number of urea groups is 1. The summed E-state index contributed by atoms with van der Waals surface area (Å²) in [6, 6.07) is 7.42. The van der Waals surface area contributed by atoms with Gasteiger partial charge in [-0.2, -0.15) is 4.98 Å². The Bertz CT molecular complexity index is 706. The zero-order valence-corrected chi connectivity index (χ0v) is 15.4. The molecule has 0 aliphatic carbocycles. The van der Waals surface area contributed by atoms with Crippen LogP contribution in [0.4, 0.5) is 10.5 Å². The molecule has 0 atom stereocenters. The largest absolute Gasteiger partial charge is 0.494 e. The van der Waals surface area contributed by atoms with Crippen LogP contribution in [-0.2, 0) is 6.42 Å². The Morgan fingerprint density at radius 3 is 2.65 bits per heavy atom. The summed E-state index contributed by atoms with van der Waals surface area (Å²) in [5.41, 5.74) is 0.785. The molecule has 0 unspecified atom stereocenters. The highest BCUT2D eigenvalue weighted by Crippen LogP contribution is 2.23. The molecule has 0 saturated carbocycles. The van der Waals surface area contributed by atoms with Gasteiger partial charge >= 0.3 is 6.03 Å². The molecular weight excluding hydrogens is 332 g/mol. The Labute approximate surface area is 153 Å². The van der Waals surface area contributed by atoms with E-state index in [2.05, 4.69) is 15.5 Å². The molecule has 3 rings (SSSR count). The molecule has 7 nitrogen and oxygen atoms in total.